The van der Waals surface area contributed by atoms with Gasteiger partial charge in [-0.2, -0.15) is 0 Å². The monoisotopic (exact) mass is 397 g/mol. The van der Waals surface area contributed by atoms with Crippen molar-refractivity contribution in [3.8, 4) is 5.75 Å². The summed E-state index contributed by atoms with van der Waals surface area (Å²) in [7, 11) is 1.67. The number of aromatic nitrogens is 1. The fourth-order valence-corrected chi connectivity index (χ4v) is 4.43. The number of hydrogen-bond acceptors (Lipinski definition) is 5. The van der Waals surface area contributed by atoms with Crippen LogP contribution < -0.4 is 15.4 Å². The Labute approximate surface area is 175 Å². The number of ether oxygens (including phenoxy) is 1. The van der Waals surface area contributed by atoms with Crippen molar-refractivity contribution < 1.29 is 9.53 Å². The highest BCUT2D eigenvalue weighted by Gasteiger charge is 2.36. The Morgan fingerprint density at radius 1 is 0.933 bits per heavy atom. The normalized spacial score (nSPS) is 20.4. The van der Waals surface area contributed by atoms with Gasteiger partial charge in [0.1, 0.15) is 5.75 Å². The minimum absolute atomic E-state index is 0.113. The molecule has 0 amide bonds. The molecule has 2 atom stereocenters. The van der Waals surface area contributed by atoms with Gasteiger partial charge in [0.25, 0.3) is 0 Å². The molecule has 0 spiro atoms. The van der Waals surface area contributed by atoms with Crippen LogP contribution >= 0.6 is 0 Å². The molecule has 1 aliphatic carbocycles. The minimum Gasteiger partial charge on any atom is -0.497 e. The third-order valence-corrected chi connectivity index (χ3v) is 5.91. The smallest absolute Gasteiger partial charge is 0.163 e. The molecule has 0 unspecified atom stereocenters. The third kappa shape index (κ3) is 3.32. The number of nitrogens with zero attached hydrogens (tertiary/aromatic N) is 1. The Hall–Kier alpha value is -3.60. The summed E-state index contributed by atoms with van der Waals surface area (Å²) in [6, 6.07) is 19.9. The van der Waals surface area contributed by atoms with Crippen LogP contribution in [0.15, 0.2) is 84.3 Å². The molecule has 1 aromatic heterocycles. The molecule has 2 N–H and O–H groups in total. The summed E-state index contributed by atoms with van der Waals surface area (Å²) in [5.41, 5.74) is 5.93. The van der Waals surface area contributed by atoms with E-state index in [0.717, 1.165) is 45.9 Å². The highest BCUT2D eigenvalue weighted by atomic mass is 16.5. The quantitative estimate of drug-likeness (QED) is 0.646. The Morgan fingerprint density at radius 3 is 2.53 bits per heavy atom. The van der Waals surface area contributed by atoms with E-state index in [1.165, 1.54) is 0 Å². The van der Waals surface area contributed by atoms with Crippen molar-refractivity contribution in [3.05, 3.63) is 95.5 Å². The number of hydrogen-bond donors (Lipinski definition) is 2. The van der Waals surface area contributed by atoms with E-state index in [1.54, 1.807) is 19.5 Å². The van der Waals surface area contributed by atoms with Crippen molar-refractivity contribution in [1.29, 1.82) is 0 Å². The zero-order chi connectivity index (χ0) is 20.5. The molecule has 5 heteroatoms. The summed E-state index contributed by atoms with van der Waals surface area (Å²) in [5.74, 6) is 1.09. The van der Waals surface area contributed by atoms with Crippen molar-refractivity contribution in [2.75, 3.05) is 17.7 Å². The molecule has 0 radical (unpaired) electrons. The van der Waals surface area contributed by atoms with Gasteiger partial charge in [-0.1, -0.05) is 24.3 Å². The van der Waals surface area contributed by atoms with Gasteiger partial charge in [0.15, 0.2) is 5.78 Å². The fourth-order valence-electron chi connectivity index (χ4n) is 4.43. The molecule has 30 heavy (non-hydrogen) atoms. The maximum absolute atomic E-state index is 13.5. The SMILES string of the molecule is COc1cccc([C@H]2CC(=O)C3=C(C2)Nc2ccccc2N[C@H]3c2ccncc2)c1. The number of benzene rings is 2. The lowest BCUT2D eigenvalue weighted by atomic mass is 9.78. The number of fused-ring (bicyclic) bond motifs is 1. The van der Waals surface area contributed by atoms with Crippen LogP contribution in [0.25, 0.3) is 0 Å². The van der Waals surface area contributed by atoms with Gasteiger partial charge in [-0.05, 0) is 59.9 Å². The number of methoxy groups -OCH3 is 1. The zero-order valence-electron chi connectivity index (χ0n) is 16.8. The number of rotatable bonds is 3. The van der Waals surface area contributed by atoms with Crippen LogP contribution in [-0.2, 0) is 4.79 Å². The van der Waals surface area contributed by atoms with Gasteiger partial charge >= 0.3 is 0 Å². The van der Waals surface area contributed by atoms with Crippen LogP contribution in [0, 0.1) is 0 Å². The van der Waals surface area contributed by atoms with E-state index in [4.69, 9.17) is 4.74 Å². The van der Waals surface area contributed by atoms with Crippen molar-refractivity contribution >= 4 is 17.2 Å². The molecule has 0 bridgehead atoms. The molecule has 3 aromatic rings. The Bertz CT molecular complexity index is 1120. The molecular weight excluding hydrogens is 374 g/mol. The summed E-state index contributed by atoms with van der Waals surface area (Å²) in [4.78, 5) is 17.6. The van der Waals surface area contributed by atoms with Gasteiger partial charge in [-0.15, -0.1) is 0 Å². The van der Waals surface area contributed by atoms with Crippen LogP contribution in [-0.4, -0.2) is 17.9 Å². The lowest BCUT2D eigenvalue weighted by Crippen LogP contribution is -2.26. The van der Waals surface area contributed by atoms with Crippen LogP contribution in [0.2, 0.25) is 0 Å². The number of nitrogens with one attached hydrogen (secondary N) is 2. The van der Waals surface area contributed by atoms with Gasteiger partial charge < -0.3 is 15.4 Å². The molecule has 0 saturated heterocycles. The Morgan fingerprint density at radius 2 is 1.73 bits per heavy atom. The first-order valence-electron chi connectivity index (χ1n) is 10.2. The topological polar surface area (TPSA) is 63.2 Å². The first kappa shape index (κ1) is 18.4. The first-order chi connectivity index (χ1) is 14.7. The van der Waals surface area contributed by atoms with Crippen molar-refractivity contribution in [2.24, 2.45) is 0 Å². The number of pyridine rings is 1. The van der Waals surface area contributed by atoms with Gasteiger partial charge in [-0.3, -0.25) is 9.78 Å². The third-order valence-electron chi connectivity index (χ3n) is 5.91. The molecule has 150 valence electrons. The van der Waals surface area contributed by atoms with Gasteiger partial charge in [0.05, 0.1) is 24.5 Å². The van der Waals surface area contributed by atoms with Crippen molar-refractivity contribution in [3.63, 3.8) is 0 Å². The number of Topliss-reactive ketones (excluding diaryl/α,β-unsaturated/α-hetero) is 1. The zero-order valence-corrected chi connectivity index (χ0v) is 16.8. The maximum atomic E-state index is 13.5. The number of anilines is 2. The number of carbonyl (C=O) groups is 1. The summed E-state index contributed by atoms with van der Waals surface area (Å²) in [5, 5.41) is 7.16. The first-order valence-corrected chi connectivity index (χ1v) is 10.2. The number of ketones is 1. The van der Waals surface area contributed by atoms with Crippen molar-refractivity contribution in [1.82, 2.24) is 4.98 Å². The number of allylic oxidation sites excluding steroid dienone is 1. The van der Waals surface area contributed by atoms with Crippen LogP contribution in [0.3, 0.4) is 0 Å². The van der Waals surface area contributed by atoms with Gasteiger partial charge in [0, 0.05) is 30.1 Å². The molecule has 5 rings (SSSR count). The van der Waals surface area contributed by atoms with Gasteiger partial charge in [0.2, 0.25) is 0 Å². The molecule has 0 saturated carbocycles. The number of carbonyl (C=O) groups excluding carboxylic acids is 1. The molecule has 0 fully saturated rings. The molecule has 2 aliphatic rings. The van der Waals surface area contributed by atoms with Crippen LogP contribution in [0.1, 0.15) is 35.9 Å². The van der Waals surface area contributed by atoms with E-state index in [-0.39, 0.29) is 17.7 Å². The fraction of sp³-hybridized carbons (Fsp3) is 0.200. The van der Waals surface area contributed by atoms with Crippen molar-refractivity contribution in [2.45, 2.75) is 24.8 Å². The summed E-state index contributed by atoms with van der Waals surface area (Å²) < 4.78 is 5.39. The van der Waals surface area contributed by atoms with E-state index in [1.807, 2.05) is 54.6 Å². The van der Waals surface area contributed by atoms with E-state index in [2.05, 4.69) is 21.7 Å². The largest absolute Gasteiger partial charge is 0.497 e. The van der Waals surface area contributed by atoms with Gasteiger partial charge in [-0.25, -0.2) is 0 Å². The standard InChI is InChI=1S/C25H23N3O2/c1-30-19-6-4-5-17(13-19)18-14-22-24(23(29)15-18)25(16-9-11-26-12-10-16)28-21-8-3-2-7-20(21)27-22/h2-13,18,25,27-28H,14-15H2,1H3/t18-,25+/m1/s1. The van der Waals surface area contributed by atoms with E-state index < -0.39 is 0 Å². The predicted octanol–water partition coefficient (Wildman–Crippen LogP) is 5.07. The summed E-state index contributed by atoms with van der Waals surface area (Å²) in [6.45, 7) is 0. The molecular formula is C25H23N3O2. The number of para-hydroxylation sites is 2. The van der Waals surface area contributed by atoms with E-state index in [9.17, 15) is 4.79 Å². The van der Waals surface area contributed by atoms with Crippen LogP contribution in [0.4, 0.5) is 11.4 Å². The predicted molar refractivity (Wildman–Crippen MR) is 118 cm³/mol. The Kier molecular flexibility index (Phi) is 4.71. The second-order valence-corrected chi connectivity index (χ2v) is 7.73. The summed E-state index contributed by atoms with van der Waals surface area (Å²) in [6.07, 6.45) is 4.79. The highest BCUT2D eigenvalue weighted by molar-refractivity contribution is 6.01. The molecule has 2 aromatic carbocycles. The lowest BCUT2D eigenvalue weighted by molar-refractivity contribution is -0.116. The van der Waals surface area contributed by atoms with Crippen LogP contribution in [0.5, 0.6) is 5.75 Å². The highest BCUT2D eigenvalue weighted by Crippen LogP contribution is 2.44. The average Bonchev–Trinajstić information content (AvgIpc) is 2.96. The lowest BCUT2D eigenvalue weighted by Gasteiger charge is -2.30. The molecule has 1 aliphatic heterocycles. The van der Waals surface area contributed by atoms with E-state index in [0.29, 0.717) is 6.42 Å². The maximum Gasteiger partial charge on any atom is 0.163 e. The molecule has 5 nitrogen and oxygen atoms in total. The Balaban J connectivity index is 1.59. The second-order valence-electron chi connectivity index (χ2n) is 7.73. The molecule has 2 heterocycles. The second kappa shape index (κ2) is 7.67. The minimum atomic E-state index is -0.210. The van der Waals surface area contributed by atoms with E-state index >= 15 is 0 Å². The average molecular weight is 397 g/mol. The summed E-state index contributed by atoms with van der Waals surface area (Å²) >= 11 is 0.